The molecular weight excluding hydrogens is 324 g/mol. The fourth-order valence-corrected chi connectivity index (χ4v) is 3.18. The number of aryl methyl sites for hydroxylation is 1. The maximum Gasteiger partial charge on any atom is 0.272 e. The molecule has 6 heteroatoms. The minimum absolute atomic E-state index is 0.0267. The number of benzene rings is 1. The minimum atomic E-state index is -0.0267. The van der Waals surface area contributed by atoms with Gasteiger partial charge in [-0.15, -0.1) is 0 Å². The molecule has 1 saturated heterocycles. The van der Waals surface area contributed by atoms with Gasteiger partial charge in [-0.2, -0.15) is 0 Å². The first-order chi connectivity index (χ1) is 11.5. The van der Waals surface area contributed by atoms with E-state index >= 15 is 0 Å². The largest absolute Gasteiger partial charge is 0.340 e. The van der Waals surface area contributed by atoms with Gasteiger partial charge in [0.1, 0.15) is 17.3 Å². The molecule has 0 bridgehead atoms. The average Bonchev–Trinajstić information content (AvgIpc) is 2.53. The summed E-state index contributed by atoms with van der Waals surface area (Å²) in [5, 5.41) is 3.83. The van der Waals surface area contributed by atoms with Crippen molar-refractivity contribution in [3.8, 4) is 0 Å². The van der Waals surface area contributed by atoms with Gasteiger partial charge >= 0.3 is 0 Å². The fraction of sp³-hybridized carbons (Fsp3) is 0.389. The smallest absolute Gasteiger partial charge is 0.272 e. The van der Waals surface area contributed by atoms with Crippen molar-refractivity contribution in [3.05, 3.63) is 46.9 Å². The van der Waals surface area contributed by atoms with Gasteiger partial charge in [-0.05, 0) is 43.9 Å². The molecule has 0 radical (unpaired) electrons. The number of rotatable bonds is 3. The number of anilines is 2. The van der Waals surface area contributed by atoms with Gasteiger partial charge in [0, 0.05) is 29.9 Å². The Morgan fingerprint density at radius 3 is 2.92 bits per heavy atom. The van der Waals surface area contributed by atoms with E-state index in [0.29, 0.717) is 28.3 Å². The number of hydrogen-bond acceptors (Lipinski definition) is 4. The van der Waals surface area contributed by atoms with E-state index in [-0.39, 0.29) is 5.91 Å². The number of aromatic nitrogens is 2. The molecule has 3 rings (SSSR count). The van der Waals surface area contributed by atoms with E-state index in [9.17, 15) is 4.79 Å². The second-order valence-corrected chi connectivity index (χ2v) is 6.76. The van der Waals surface area contributed by atoms with E-state index in [1.807, 2.05) is 29.2 Å². The molecule has 0 saturated carbocycles. The lowest BCUT2D eigenvalue weighted by molar-refractivity contribution is 0.0676. The highest BCUT2D eigenvalue weighted by Gasteiger charge is 2.23. The van der Waals surface area contributed by atoms with Crippen molar-refractivity contribution in [2.75, 3.05) is 18.4 Å². The Morgan fingerprint density at radius 2 is 2.17 bits per heavy atom. The van der Waals surface area contributed by atoms with Crippen LogP contribution in [0.5, 0.6) is 0 Å². The standard InChI is InChI=1S/C18H21ClN4O/c1-12-5-4-8-23(11-12)18(24)16-10-17(21-13(2)20-16)22-15-7-3-6-14(19)9-15/h3,6-7,9-10,12H,4-5,8,11H2,1-2H3,(H,20,21,22). The number of piperidine rings is 1. The average molecular weight is 345 g/mol. The minimum Gasteiger partial charge on any atom is -0.340 e. The molecule has 5 nitrogen and oxygen atoms in total. The van der Waals surface area contributed by atoms with Crippen LogP contribution in [0.15, 0.2) is 30.3 Å². The Hall–Kier alpha value is -2.14. The highest BCUT2D eigenvalue weighted by atomic mass is 35.5. The van der Waals surface area contributed by atoms with E-state index in [2.05, 4.69) is 22.2 Å². The molecule has 1 aromatic heterocycles. The summed E-state index contributed by atoms with van der Waals surface area (Å²) in [6.07, 6.45) is 2.22. The Balaban J connectivity index is 1.82. The summed E-state index contributed by atoms with van der Waals surface area (Å²) in [5.74, 6) is 1.67. The molecule has 1 aliphatic heterocycles. The van der Waals surface area contributed by atoms with Crippen LogP contribution in [0.1, 0.15) is 36.1 Å². The van der Waals surface area contributed by atoms with Gasteiger partial charge in [0.25, 0.3) is 5.91 Å². The molecule has 1 N–H and O–H groups in total. The number of hydrogen-bond donors (Lipinski definition) is 1. The zero-order chi connectivity index (χ0) is 17.1. The predicted octanol–water partition coefficient (Wildman–Crippen LogP) is 4.05. The van der Waals surface area contributed by atoms with Gasteiger partial charge in [-0.1, -0.05) is 24.6 Å². The van der Waals surface area contributed by atoms with Gasteiger partial charge in [-0.25, -0.2) is 9.97 Å². The Labute approximate surface area is 147 Å². The number of carbonyl (C=O) groups is 1. The van der Waals surface area contributed by atoms with Crippen LogP contribution in [0.3, 0.4) is 0 Å². The molecule has 1 aliphatic rings. The van der Waals surface area contributed by atoms with Crippen molar-refractivity contribution in [1.29, 1.82) is 0 Å². The first kappa shape index (κ1) is 16.7. The monoisotopic (exact) mass is 344 g/mol. The molecule has 2 aromatic rings. The van der Waals surface area contributed by atoms with Crippen LogP contribution in [0, 0.1) is 12.8 Å². The molecule has 24 heavy (non-hydrogen) atoms. The SMILES string of the molecule is Cc1nc(Nc2cccc(Cl)c2)cc(C(=O)N2CCCC(C)C2)n1. The van der Waals surface area contributed by atoms with Crippen molar-refractivity contribution in [2.24, 2.45) is 5.92 Å². The zero-order valence-electron chi connectivity index (χ0n) is 13.9. The number of nitrogens with zero attached hydrogens (tertiary/aromatic N) is 3. The maximum atomic E-state index is 12.7. The molecule has 1 unspecified atom stereocenters. The van der Waals surface area contributed by atoms with Crippen LogP contribution >= 0.6 is 11.6 Å². The molecule has 0 spiro atoms. The number of carbonyl (C=O) groups excluding carboxylic acids is 1. The first-order valence-electron chi connectivity index (χ1n) is 8.19. The molecule has 0 aliphatic carbocycles. The normalized spacial score (nSPS) is 17.6. The van der Waals surface area contributed by atoms with Crippen LogP contribution in [-0.4, -0.2) is 33.9 Å². The van der Waals surface area contributed by atoms with Crippen LogP contribution in [-0.2, 0) is 0 Å². The summed E-state index contributed by atoms with van der Waals surface area (Å²) in [7, 11) is 0. The Morgan fingerprint density at radius 1 is 1.33 bits per heavy atom. The van der Waals surface area contributed by atoms with Crippen LogP contribution in [0.2, 0.25) is 5.02 Å². The quantitative estimate of drug-likeness (QED) is 0.912. The molecule has 1 atom stereocenters. The molecule has 1 fully saturated rings. The summed E-state index contributed by atoms with van der Waals surface area (Å²) in [6, 6.07) is 9.09. The van der Waals surface area contributed by atoms with Crippen molar-refractivity contribution in [3.63, 3.8) is 0 Å². The summed E-state index contributed by atoms with van der Waals surface area (Å²) in [6.45, 7) is 5.55. The summed E-state index contributed by atoms with van der Waals surface area (Å²) < 4.78 is 0. The fourth-order valence-electron chi connectivity index (χ4n) is 2.99. The zero-order valence-corrected chi connectivity index (χ0v) is 14.7. The third-order valence-corrected chi connectivity index (χ3v) is 4.33. The first-order valence-corrected chi connectivity index (χ1v) is 8.56. The van der Waals surface area contributed by atoms with Crippen LogP contribution < -0.4 is 5.32 Å². The Bertz CT molecular complexity index is 750. The third kappa shape index (κ3) is 4.03. The van der Waals surface area contributed by atoms with E-state index < -0.39 is 0 Å². The molecule has 2 heterocycles. The summed E-state index contributed by atoms with van der Waals surface area (Å²) in [4.78, 5) is 23.3. The molecule has 126 valence electrons. The molecular formula is C18H21ClN4O. The molecule has 1 amide bonds. The lowest BCUT2D eigenvalue weighted by atomic mass is 10.00. The maximum absolute atomic E-state index is 12.7. The van der Waals surface area contributed by atoms with Gasteiger partial charge in [0.2, 0.25) is 0 Å². The summed E-state index contributed by atoms with van der Waals surface area (Å²) >= 11 is 6.01. The van der Waals surface area contributed by atoms with Gasteiger partial charge < -0.3 is 10.2 Å². The third-order valence-electron chi connectivity index (χ3n) is 4.10. The number of nitrogens with one attached hydrogen (secondary N) is 1. The van der Waals surface area contributed by atoms with Crippen molar-refractivity contribution in [2.45, 2.75) is 26.7 Å². The van der Waals surface area contributed by atoms with Gasteiger partial charge in [-0.3, -0.25) is 4.79 Å². The van der Waals surface area contributed by atoms with Gasteiger partial charge in [0.15, 0.2) is 0 Å². The molecule has 1 aromatic carbocycles. The van der Waals surface area contributed by atoms with Crippen molar-refractivity contribution >= 4 is 29.0 Å². The van der Waals surface area contributed by atoms with E-state index in [1.54, 1.807) is 13.0 Å². The van der Waals surface area contributed by atoms with E-state index in [0.717, 1.165) is 25.2 Å². The lowest BCUT2D eigenvalue weighted by Crippen LogP contribution is -2.39. The van der Waals surface area contributed by atoms with E-state index in [1.165, 1.54) is 6.42 Å². The highest BCUT2D eigenvalue weighted by Crippen LogP contribution is 2.21. The highest BCUT2D eigenvalue weighted by molar-refractivity contribution is 6.30. The Kier molecular flexibility index (Phi) is 5.00. The lowest BCUT2D eigenvalue weighted by Gasteiger charge is -2.30. The summed E-state index contributed by atoms with van der Waals surface area (Å²) in [5.41, 5.74) is 1.26. The number of amides is 1. The second kappa shape index (κ2) is 7.18. The number of likely N-dealkylation sites (tertiary alicyclic amines) is 1. The van der Waals surface area contributed by atoms with Crippen molar-refractivity contribution in [1.82, 2.24) is 14.9 Å². The predicted molar refractivity (Wildman–Crippen MR) is 95.8 cm³/mol. The van der Waals surface area contributed by atoms with Crippen LogP contribution in [0.25, 0.3) is 0 Å². The van der Waals surface area contributed by atoms with E-state index in [4.69, 9.17) is 11.6 Å². The number of halogens is 1. The second-order valence-electron chi connectivity index (χ2n) is 6.32. The van der Waals surface area contributed by atoms with Gasteiger partial charge in [0.05, 0.1) is 0 Å². The van der Waals surface area contributed by atoms with Crippen LogP contribution in [0.4, 0.5) is 11.5 Å². The topological polar surface area (TPSA) is 58.1 Å². The van der Waals surface area contributed by atoms with Crippen molar-refractivity contribution < 1.29 is 4.79 Å².